The molecule has 3 N–H and O–H groups in total. The van der Waals surface area contributed by atoms with Crippen LogP contribution in [0.5, 0.6) is 5.75 Å². The first-order valence-corrected chi connectivity index (χ1v) is 10.5. The number of aromatic hydroxyl groups is 1. The van der Waals surface area contributed by atoms with E-state index in [4.69, 9.17) is 4.74 Å². The molecule has 0 aliphatic rings. The van der Waals surface area contributed by atoms with Gasteiger partial charge in [-0.15, -0.1) is 10.2 Å². The summed E-state index contributed by atoms with van der Waals surface area (Å²) in [6.07, 6.45) is 1.94. The van der Waals surface area contributed by atoms with Gasteiger partial charge in [-0.25, -0.2) is 4.79 Å². The number of carbonyl (C=O) groups is 2. The van der Waals surface area contributed by atoms with Crippen molar-refractivity contribution in [3.8, 4) is 5.75 Å². The fourth-order valence-electron chi connectivity index (χ4n) is 3.14. The lowest BCUT2D eigenvalue weighted by Crippen LogP contribution is -2.32. The van der Waals surface area contributed by atoms with E-state index in [1.165, 1.54) is 13.2 Å². The highest BCUT2D eigenvalue weighted by Gasteiger charge is 2.22. The van der Waals surface area contributed by atoms with Crippen molar-refractivity contribution in [1.29, 1.82) is 0 Å². The van der Waals surface area contributed by atoms with Gasteiger partial charge in [0.05, 0.1) is 12.7 Å². The average molecular weight is 466 g/mol. The van der Waals surface area contributed by atoms with Crippen molar-refractivity contribution in [2.45, 2.75) is 19.9 Å². The summed E-state index contributed by atoms with van der Waals surface area (Å²) in [4.78, 5) is 29.0. The van der Waals surface area contributed by atoms with Gasteiger partial charge in [0.1, 0.15) is 11.6 Å². The molecule has 0 aliphatic carbocycles. The van der Waals surface area contributed by atoms with Gasteiger partial charge in [-0.3, -0.25) is 15.1 Å². The van der Waals surface area contributed by atoms with E-state index >= 15 is 0 Å². The molecule has 4 aromatic rings. The number of esters is 1. The smallest absolute Gasteiger partial charge is 0.328 e. The van der Waals surface area contributed by atoms with Crippen LogP contribution in [0.4, 0.5) is 10.3 Å². The topological polar surface area (TPSA) is 126 Å². The second kappa shape index (κ2) is 10.5. The van der Waals surface area contributed by atoms with Crippen molar-refractivity contribution in [2.24, 2.45) is 0 Å². The highest BCUT2D eigenvalue weighted by atomic mass is 32.1. The first kappa shape index (κ1) is 23.6. The van der Waals surface area contributed by atoms with Crippen LogP contribution in [-0.4, -0.2) is 45.3 Å². The first-order chi connectivity index (χ1) is 15.5. The van der Waals surface area contributed by atoms with E-state index in [9.17, 15) is 14.7 Å². The summed E-state index contributed by atoms with van der Waals surface area (Å²) >= 11 is 1.06. The van der Waals surface area contributed by atoms with Gasteiger partial charge in [-0.1, -0.05) is 61.2 Å². The Hall–Kier alpha value is -4.05. The number of benzene rings is 2. The second-order valence-corrected chi connectivity index (χ2v) is 7.79. The standard InChI is InChI=1S/C22H19N5O4S.CH4/c1-31-20(30)16(12-13-6-3-2-4-7-13)24-21-26-27-22(32-21)25-19(29)15-10-9-14-8-5-11-23-17(14)18(15)28;/h2-11,16,28H,12H2,1H3,(H,24,26)(H,25,27,29);1H4/t16-;/m0./s1. The number of methoxy groups -OCH3 is 1. The lowest BCUT2D eigenvalue weighted by atomic mass is 10.1. The third-order valence-corrected chi connectivity index (χ3v) is 5.47. The number of fused-ring (bicyclic) bond motifs is 1. The lowest BCUT2D eigenvalue weighted by molar-refractivity contribution is -0.141. The number of amides is 1. The Morgan fingerprint density at radius 2 is 1.82 bits per heavy atom. The van der Waals surface area contributed by atoms with Crippen LogP contribution >= 0.6 is 11.3 Å². The SMILES string of the molecule is C.COC(=O)[C@H](Cc1ccccc1)Nc1nnc(NC(=O)c2ccc3cccnc3c2O)s1. The van der Waals surface area contributed by atoms with E-state index in [1.807, 2.05) is 30.3 Å². The molecule has 0 aliphatic heterocycles. The van der Waals surface area contributed by atoms with Gasteiger partial charge in [-0.2, -0.15) is 0 Å². The van der Waals surface area contributed by atoms with E-state index in [0.717, 1.165) is 22.3 Å². The molecule has 0 unspecified atom stereocenters. The van der Waals surface area contributed by atoms with Crippen molar-refractivity contribution in [2.75, 3.05) is 17.7 Å². The van der Waals surface area contributed by atoms with Gasteiger partial charge in [0.15, 0.2) is 5.75 Å². The monoisotopic (exact) mass is 465 g/mol. The molecule has 2 heterocycles. The number of phenolic OH excluding ortho intramolecular Hbond substituents is 1. The second-order valence-electron chi connectivity index (χ2n) is 6.81. The van der Waals surface area contributed by atoms with Crippen molar-refractivity contribution in [3.63, 3.8) is 0 Å². The Morgan fingerprint density at radius 3 is 2.58 bits per heavy atom. The number of nitrogens with zero attached hydrogens (tertiary/aromatic N) is 3. The zero-order chi connectivity index (χ0) is 22.5. The maximum Gasteiger partial charge on any atom is 0.328 e. The molecule has 0 spiro atoms. The highest BCUT2D eigenvalue weighted by molar-refractivity contribution is 7.19. The fraction of sp³-hybridized carbons (Fsp3) is 0.174. The molecule has 170 valence electrons. The summed E-state index contributed by atoms with van der Waals surface area (Å²) in [5.74, 6) is -1.20. The molecule has 1 atom stereocenters. The molecule has 4 rings (SSSR count). The van der Waals surface area contributed by atoms with Gasteiger partial charge in [-0.05, 0) is 17.7 Å². The summed E-state index contributed by atoms with van der Waals surface area (Å²) in [6, 6.07) is 15.6. The molecule has 0 saturated heterocycles. The van der Waals surface area contributed by atoms with Crippen LogP contribution in [0.3, 0.4) is 0 Å². The zero-order valence-electron chi connectivity index (χ0n) is 17.0. The quantitative estimate of drug-likeness (QED) is 0.351. The largest absolute Gasteiger partial charge is 0.505 e. The van der Waals surface area contributed by atoms with Gasteiger partial charge in [0, 0.05) is 18.0 Å². The minimum absolute atomic E-state index is 0. The molecular formula is C23H23N5O4S. The summed E-state index contributed by atoms with van der Waals surface area (Å²) in [5, 5.41) is 25.3. The van der Waals surface area contributed by atoms with Gasteiger partial charge >= 0.3 is 5.97 Å². The van der Waals surface area contributed by atoms with E-state index in [2.05, 4.69) is 25.8 Å². The Kier molecular flexibility index (Phi) is 7.52. The van der Waals surface area contributed by atoms with E-state index in [0.29, 0.717) is 17.1 Å². The maximum atomic E-state index is 12.7. The summed E-state index contributed by atoms with van der Waals surface area (Å²) in [5.41, 5.74) is 1.35. The number of hydrogen-bond acceptors (Lipinski definition) is 9. The Morgan fingerprint density at radius 1 is 1.06 bits per heavy atom. The van der Waals surface area contributed by atoms with E-state index in [1.54, 1.807) is 24.4 Å². The van der Waals surface area contributed by atoms with E-state index in [-0.39, 0.29) is 23.9 Å². The fourth-order valence-corrected chi connectivity index (χ4v) is 3.84. The molecule has 33 heavy (non-hydrogen) atoms. The van der Waals surface area contributed by atoms with Crippen LogP contribution in [0.25, 0.3) is 10.9 Å². The minimum Gasteiger partial charge on any atom is -0.505 e. The summed E-state index contributed by atoms with van der Waals surface area (Å²) in [6.45, 7) is 0. The van der Waals surface area contributed by atoms with Crippen molar-refractivity contribution in [1.82, 2.24) is 15.2 Å². The van der Waals surface area contributed by atoms with Crippen LogP contribution in [0, 0.1) is 0 Å². The van der Waals surface area contributed by atoms with Gasteiger partial charge in [0.25, 0.3) is 5.91 Å². The number of nitrogens with one attached hydrogen (secondary N) is 2. The third kappa shape index (κ3) is 5.42. The number of anilines is 2. The van der Waals surface area contributed by atoms with Crippen LogP contribution < -0.4 is 10.6 Å². The number of hydrogen-bond donors (Lipinski definition) is 3. The molecule has 0 fully saturated rings. The number of pyridine rings is 1. The number of carbonyl (C=O) groups excluding carboxylic acids is 2. The lowest BCUT2D eigenvalue weighted by Gasteiger charge is -2.15. The Labute approximate surface area is 194 Å². The molecule has 0 bridgehead atoms. The molecule has 10 heteroatoms. The van der Waals surface area contributed by atoms with Crippen LogP contribution in [0.15, 0.2) is 60.8 Å². The predicted molar refractivity (Wildman–Crippen MR) is 128 cm³/mol. The molecule has 2 aromatic heterocycles. The van der Waals surface area contributed by atoms with Crippen LogP contribution in [0.1, 0.15) is 23.3 Å². The highest BCUT2D eigenvalue weighted by Crippen LogP contribution is 2.28. The molecule has 0 radical (unpaired) electrons. The molecule has 9 nitrogen and oxygen atoms in total. The van der Waals surface area contributed by atoms with Gasteiger partial charge < -0.3 is 15.2 Å². The predicted octanol–water partition coefficient (Wildman–Crippen LogP) is 3.88. The Bertz CT molecular complexity index is 1260. The number of ether oxygens (including phenoxy) is 1. The molecule has 2 aromatic carbocycles. The maximum absolute atomic E-state index is 12.7. The minimum atomic E-state index is -0.672. The van der Waals surface area contributed by atoms with Crippen molar-refractivity contribution in [3.05, 3.63) is 71.9 Å². The molecular weight excluding hydrogens is 442 g/mol. The van der Waals surface area contributed by atoms with Crippen LogP contribution in [-0.2, 0) is 16.0 Å². The van der Waals surface area contributed by atoms with Crippen molar-refractivity contribution >= 4 is 44.4 Å². The van der Waals surface area contributed by atoms with Crippen LogP contribution in [0.2, 0.25) is 0 Å². The summed E-state index contributed by atoms with van der Waals surface area (Å²) in [7, 11) is 1.32. The third-order valence-electron chi connectivity index (χ3n) is 4.70. The number of rotatable bonds is 7. The zero-order valence-corrected chi connectivity index (χ0v) is 17.8. The first-order valence-electron chi connectivity index (χ1n) is 9.65. The van der Waals surface area contributed by atoms with Gasteiger partial charge in [0.2, 0.25) is 10.3 Å². The summed E-state index contributed by atoms with van der Waals surface area (Å²) < 4.78 is 4.89. The average Bonchev–Trinajstić information content (AvgIpc) is 3.25. The number of phenols is 1. The molecule has 1 amide bonds. The molecule has 0 saturated carbocycles. The van der Waals surface area contributed by atoms with E-state index < -0.39 is 17.9 Å². The van der Waals surface area contributed by atoms with Crippen molar-refractivity contribution < 1.29 is 19.4 Å². The Balaban J connectivity index is 0.00000306. The normalized spacial score (nSPS) is 11.3. The number of aromatic nitrogens is 3.